The summed E-state index contributed by atoms with van der Waals surface area (Å²) in [6.07, 6.45) is 0.321. The summed E-state index contributed by atoms with van der Waals surface area (Å²) in [5.74, 6) is -2.94. The van der Waals surface area contributed by atoms with E-state index in [1.165, 1.54) is 6.07 Å². The maximum Gasteiger partial charge on any atom is 0.339 e. The zero-order valence-corrected chi connectivity index (χ0v) is 11.6. The predicted molar refractivity (Wildman–Crippen MR) is 77.0 cm³/mol. The summed E-state index contributed by atoms with van der Waals surface area (Å²) in [4.78, 5) is 21.9. The summed E-state index contributed by atoms with van der Waals surface area (Å²) < 4.78 is 0. The first kappa shape index (κ1) is 16.5. The van der Waals surface area contributed by atoms with Crippen LogP contribution in [0, 0.1) is 0 Å². The van der Waals surface area contributed by atoms with Crippen molar-refractivity contribution in [1.29, 1.82) is 0 Å². The van der Waals surface area contributed by atoms with Gasteiger partial charge in [0.25, 0.3) is 0 Å². The van der Waals surface area contributed by atoms with E-state index in [4.69, 9.17) is 15.9 Å². The molecule has 0 spiro atoms. The lowest BCUT2D eigenvalue weighted by molar-refractivity contribution is -0.138. The van der Waals surface area contributed by atoms with Crippen LogP contribution in [0.2, 0.25) is 0 Å². The molecule has 21 heavy (non-hydrogen) atoms. The highest BCUT2D eigenvalue weighted by Gasteiger charge is 2.17. The number of hydrogen-bond donors (Lipinski definition) is 4. The van der Waals surface area contributed by atoms with Crippen LogP contribution in [0.15, 0.2) is 28.4 Å². The second kappa shape index (κ2) is 7.29. The van der Waals surface area contributed by atoms with Gasteiger partial charge in [0.1, 0.15) is 11.3 Å². The van der Waals surface area contributed by atoms with Crippen molar-refractivity contribution in [1.82, 2.24) is 0 Å². The van der Waals surface area contributed by atoms with Gasteiger partial charge in [0, 0.05) is 12.5 Å². The molecule has 1 aromatic carbocycles. The molecule has 0 saturated carbocycles. The van der Waals surface area contributed by atoms with E-state index in [0.29, 0.717) is 0 Å². The third kappa shape index (κ3) is 5.15. The number of carboxylic acids is 2. The monoisotopic (exact) mass is 311 g/mol. The minimum absolute atomic E-state index is 0.105. The van der Waals surface area contributed by atoms with Gasteiger partial charge < -0.3 is 21.1 Å². The topological polar surface area (TPSA) is 146 Å². The van der Waals surface area contributed by atoms with Crippen LogP contribution in [0.3, 0.4) is 0 Å². The number of carbonyl (C=O) groups is 2. The summed E-state index contributed by atoms with van der Waals surface area (Å²) in [6, 6.07) is 2.42. The average Bonchev–Trinajstić information content (AvgIpc) is 2.37. The van der Waals surface area contributed by atoms with Gasteiger partial charge in [-0.1, -0.05) is 12.2 Å². The molecule has 1 atom stereocenters. The van der Waals surface area contributed by atoms with Gasteiger partial charge in [-0.25, -0.2) is 9.59 Å². The van der Waals surface area contributed by atoms with Crippen LogP contribution >= 0.6 is 12.2 Å². The fourth-order valence-corrected chi connectivity index (χ4v) is 1.53. The molecule has 8 nitrogen and oxygen atoms in total. The Hall–Kier alpha value is -2.55. The van der Waals surface area contributed by atoms with E-state index in [1.807, 2.05) is 0 Å². The number of nitrogens with two attached hydrogens (primary N) is 1. The van der Waals surface area contributed by atoms with Crippen LogP contribution in [-0.2, 0) is 4.79 Å². The maximum absolute atomic E-state index is 11.0. The molecule has 1 unspecified atom stereocenters. The van der Waals surface area contributed by atoms with E-state index in [-0.39, 0.29) is 29.1 Å². The number of aromatic hydroxyl groups is 1. The lowest BCUT2D eigenvalue weighted by Crippen LogP contribution is -2.20. The predicted octanol–water partition coefficient (Wildman–Crippen LogP) is 1.69. The summed E-state index contributed by atoms with van der Waals surface area (Å²) >= 11 is 4.66. The number of carboxylic acid groups (broad SMARTS) is 2. The summed E-state index contributed by atoms with van der Waals surface area (Å²) in [5, 5.41) is 34.5. The van der Waals surface area contributed by atoms with Gasteiger partial charge in [0.15, 0.2) is 6.04 Å². The van der Waals surface area contributed by atoms with E-state index in [9.17, 15) is 14.7 Å². The standard InChI is InChI=1S/C12H13N3O5S/c13-10(21)4-3-8(12(19)20)15-14-6-1-2-7(11(17)18)9(16)5-6/h1-2,5,8,16H,3-4H2,(H2,13,21)(H,17,18)(H,19,20)/b15-14+. The lowest BCUT2D eigenvalue weighted by Gasteiger charge is -2.05. The number of aliphatic carboxylic acids is 1. The van der Waals surface area contributed by atoms with Crippen LogP contribution < -0.4 is 5.73 Å². The molecular formula is C12H13N3O5S. The molecule has 0 bridgehead atoms. The molecular weight excluding hydrogens is 298 g/mol. The van der Waals surface area contributed by atoms with E-state index in [2.05, 4.69) is 22.4 Å². The summed E-state index contributed by atoms with van der Waals surface area (Å²) in [7, 11) is 0. The van der Waals surface area contributed by atoms with Crippen molar-refractivity contribution < 1.29 is 24.9 Å². The van der Waals surface area contributed by atoms with Crippen molar-refractivity contribution >= 4 is 34.8 Å². The minimum atomic E-state index is -1.28. The van der Waals surface area contributed by atoms with E-state index in [0.717, 1.165) is 12.1 Å². The van der Waals surface area contributed by atoms with Crippen molar-refractivity contribution in [2.24, 2.45) is 16.0 Å². The Labute approximate surface area is 124 Å². The Morgan fingerprint density at radius 1 is 1.33 bits per heavy atom. The number of rotatable bonds is 7. The van der Waals surface area contributed by atoms with Gasteiger partial charge in [-0.05, 0) is 18.6 Å². The molecule has 112 valence electrons. The number of phenols is 1. The van der Waals surface area contributed by atoms with E-state index < -0.39 is 23.7 Å². The van der Waals surface area contributed by atoms with Crippen molar-refractivity contribution in [3.8, 4) is 5.75 Å². The molecule has 1 aromatic rings. The molecule has 0 aliphatic heterocycles. The zero-order chi connectivity index (χ0) is 16.0. The molecule has 0 aliphatic carbocycles. The third-order valence-electron chi connectivity index (χ3n) is 2.47. The number of benzene rings is 1. The SMILES string of the molecule is NC(=S)CCC(/N=N/c1ccc(C(=O)O)c(O)c1)C(=O)O. The van der Waals surface area contributed by atoms with Crippen molar-refractivity contribution in [2.45, 2.75) is 18.9 Å². The van der Waals surface area contributed by atoms with Gasteiger partial charge >= 0.3 is 11.9 Å². The molecule has 0 aromatic heterocycles. The first-order valence-corrected chi connectivity index (χ1v) is 6.20. The van der Waals surface area contributed by atoms with E-state index in [1.54, 1.807) is 0 Å². The molecule has 0 fully saturated rings. The van der Waals surface area contributed by atoms with Gasteiger partial charge in [-0.2, -0.15) is 10.2 Å². The number of thiocarbonyl (C=S) groups is 1. The highest BCUT2D eigenvalue weighted by molar-refractivity contribution is 7.80. The first-order chi connectivity index (χ1) is 9.81. The second-order valence-electron chi connectivity index (χ2n) is 4.08. The van der Waals surface area contributed by atoms with Crippen LogP contribution in [-0.4, -0.2) is 38.3 Å². The van der Waals surface area contributed by atoms with Gasteiger partial charge in [-0.3, -0.25) is 0 Å². The van der Waals surface area contributed by atoms with Crippen molar-refractivity contribution in [3.05, 3.63) is 23.8 Å². The molecule has 0 heterocycles. The van der Waals surface area contributed by atoms with Crippen molar-refractivity contribution in [3.63, 3.8) is 0 Å². The summed E-state index contributed by atoms with van der Waals surface area (Å²) in [6.45, 7) is 0. The Bertz CT molecular complexity index is 603. The molecule has 9 heteroatoms. The van der Waals surface area contributed by atoms with Crippen LogP contribution in [0.25, 0.3) is 0 Å². The molecule has 5 N–H and O–H groups in total. The maximum atomic E-state index is 11.0. The minimum Gasteiger partial charge on any atom is -0.507 e. The Balaban J connectivity index is 2.86. The van der Waals surface area contributed by atoms with Crippen LogP contribution in [0.4, 0.5) is 5.69 Å². The lowest BCUT2D eigenvalue weighted by atomic mass is 10.1. The fraction of sp³-hybridized carbons (Fsp3) is 0.250. The zero-order valence-electron chi connectivity index (χ0n) is 10.8. The first-order valence-electron chi connectivity index (χ1n) is 5.79. The van der Waals surface area contributed by atoms with Gasteiger partial charge in [0.2, 0.25) is 0 Å². The Morgan fingerprint density at radius 3 is 2.48 bits per heavy atom. The molecule has 0 radical (unpaired) electrons. The number of hydrogen-bond acceptors (Lipinski definition) is 6. The average molecular weight is 311 g/mol. The smallest absolute Gasteiger partial charge is 0.339 e. The van der Waals surface area contributed by atoms with Gasteiger partial charge in [0.05, 0.1) is 10.7 Å². The number of aromatic carboxylic acids is 1. The Morgan fingerprint density at radius 2 is 2.00 bits per heavy atom. The molecule has 0 aliphatic rings. The molecule has 1 rings (SSSR count). The summed E-state index contributed by atoms with van der Waals surface area (Å²) in [5.41, 5.74) is 5.15. The fourth-order valence-electron chi connectivity index (χ4n) is 1.41. The van der Waals surface area contributed by atoms with E-state index >= 15 is 0 Å². The molecule has 0 saturated heterocycles. The highest BCUT2D eigenvalue weighted by Crippen LogP contribution is 2.24. The second-order valence-corrected chi connectivity index (χ2v) is 4.61. The molecule has 0 amide bonds. The van der Waals surface area contributed by atoms with Crippen molar-refractivity contribution in [2.75, 3.05) is 0 Å². The largest absolute Gasteiger partial charge is 0.507 e. The quantitative estimate of drug-likeness (QED) is 0.442. The van der Waals surface area contributed by atoms with Crippen LogP contribution in [0.1, 0.15) is 23.2 Å². The van der Waals surface area contributed by atoms with Gasteiger partial charge in [-0.15, -0.1) is 0 Å². The number of nitrogens with zero attached hydrogens (tertiary/aromatic N) is 2. The Kier molecular flexibility index (Phi) is 5.73. The number of azo groups is 1. The third-order valence-corrected chi connectivity index (χ3v) is 2.68. The van der Waals surface area contributed by atoms with Crippen LogP contribution in [0.5, 0.6) is 5.75 Å². The highest BCUT2D eigenvalue weighted by atomic mass is 32.1. The normalized spacial score (nSPS) is 12.2.